The quantitative estimate of drug-likeness (QED) is 0.458. The van der Waals surface area contributed by atoms with Crippen LogP contribution in [0.1, 0.15) is 52.7 Å². The maximum atomic E-state index is 12.6. The summed E-state index contributed by atoms with van der Waals surface area (Å²) >= 11 is 8.10. The van der Waals surface area contributed by atoms with Gasteiger partial charge in [-0.25, -0.2) is 19.7 Å². The molecule has 0 aliphatic carbocycles. The average Bonchev–Trinajstić information content (AvgIpc) is 3.21. The molecule has 0 unspecified atom stereocenters. The summed E-state index contributed by atoms with van der Waals surface area (Å²) in [6, 6.07) is 3.91. The fourth-order valence-corrected chi connectivity index (χ4v) is 7.10. The number of ether oxygens (including phenoxy) is 2. The fourth-order valence-electron chi connectivity index (χ4n) is 5.96. The molecule has 13 heteroatoms. The topological polar surface area (TPSA) is 137 Å². The second-order valence-corrected chi connectivity index (χ2v) is 13.7. The van der Waals surface area contributed by atoms with E-state index in [0.29, 0.717) is 59.4 Å². The first-order valence-corrected chi connectivity index (χ1v) is 15.5. The number of hydrogen-bond donors (Lipinski definition) is 2. The number of carbonyl (C=O) groups is 1. The summed E-state index contributed by atoms with van der Waals surface area (Å²) < 4.78 is 11.5. The van der Waals surface area contributed by atoms with E-state index in [4.69, 9.17) is 36.3 Å². The number of hydrogen-bond acceptors (Lipinski definition) is 11. The number of halogens is 1. The van der Waals surface area contributed by atoms with E-state index < -0.39 is 11.7 Å². The van der Waals surface area contributed by atoms with Crippen LogP contribution in [0.3, 0.4) is 0 Å². The number of pyridine rings is 1. The molecule has 5 heterocycles. The average molecular weight is 616 g/mol. The Bertz CT molecular complexity index is 1340. The summed E-state index contributed by atoms with van der Waals surface area (Å²) in [6.07, 6.45) is 5.00. The van der Waals surface area contributed by atoms with Gasteiger partial charge in [0, 0.05) is 55.0 Å². The molecule has 2 N–H and O–H groups in total. The number of nitrogens with one attached hydrogen (secondary N) is 1. The predicted molar refractivity (Wildman–Crippen MR) is 160 cm³/mol. The molecule has 2 atom stereocenters. The number of alkyl carbamates (subject to hydrolysis) is 1. The number of aliphatic hydroxyl groups excluding tert-OH is 1. The monoisotopic (exact) mass is 615 g/mol. The smallest absolute Gasteiger partial charge is 0.407 e. The number of piperidine rings is 1. The van der Waals surface area contributed by atoms with Crippen LogP contribution in [0.5, 0.6) is 0 Å². The number of nitrogens with zero attached hydrogens (tertiary/aromatic N) is 6. The first-order chi connectivity index (χ1) is 20.0. The molecule has 0 radical (unpaired) electrons. The van der Waals surface area contributed by atoms with Gasteiger partial charge in [-0.2, -0.15) is 5.26 Å². The van der Waals surface area contributed by atoms with Crippen molar-refractivity contribution in [1.29, 1.82) is 5.26 Å². The van der Waals surface area contributed by atoms with E-state index in [1.807, 2.05) is 33.8 Å². The first kappa shape index (κ1) is 30.6. The van der Waals surface area contributed by atoms with Crippen LogP contribution in [0.2, 0.25) is 5.02 Å². The lowest BCUT2D eigenvalue weighted by Crippen LogP contribution is -2.55. The van der Waals surface area contributed by atoms with Gasteiger partial charge in [0.05, 0.1) is 42.6 Å². The second-order valence-electron chi connectivity index (χ2n) is 12.3. The highest BCUT2D eigenvalue weighted by Crippen LogP contribution is 2.44. The van der Waals surface area contributed by atoms with Crippen molar-refractivity contribution < 1.29 is 19.4 Å². The zero-order chi connectivity index (χ0) is 30.1. The van der Waals surface area contributed by atoms with Gasteiger partial charge in [-0.3, -0.25) is 0 Å². The predicted octanol–water partition coefficient (Wildman–Crippen LogP) is 4.42. The molecule has 0 bridgehead atoms. The Morgan fingerprint density at radius 3 is 2.69 bits per heavy atom. The Hall–Kier alpha value is -2.85. The normalized spacial score (nSPS) is 22.1. The molecule has 0 aromatic carbocycles. The Morgan fingerprint density at radius 2 is 2.02 bits per heavy atom. The SMILES string of the molecule is C[C@@H]1OCC2(CCN(c3ncc(Sc4ccnc(N5CC(CC#N)C5)c4Cl)nc3CO)CC2)[C@@H]1NC(=O)OC(C)(C)C. The molecule has 226 valence electrons. The minimum atomic E-state index is -0.575. The minimum absolute atomic E-state index is 0.117. The van der Waals surface area contributed by atoms with E-state index in [1.165, 1.54) is 11.8 Å². The summed E-state index contributed by atoms with van der Waals surface area (Å²) in [5.41, 5.74) is -0.270. The van der Waals surface area contributed by atoms with Crippen LogP contribution in [-0.2, 0) is 16.1 Å². The fraction of sp³-hybridized carbons (Fsp3) is 0.621. The first-order valence-electron chi connectivity index (χ1n) is 14.3. The third-order valence-electron chi connectivity index (χ3n) is 8.13. The molecule has 3 saturated heterocycles. The maximum absolute atomic E-state index is 12.6. The zero-order valence-electron chi connectivity index (χ0n) is 24.5. The Labute approximate surface area is 256 Å². The molecule has 3 fully saturated rings. The summed E-state index contributed by atoms with van der Waals surface area (Å²) in [4.78, 5) is 31.5. The van der Waals surface area contributed by atoms with E-state index in [0.717, 1.165) is 30.8 Å². The zero-order valence-corrected chi connectivity index (χ0v) is 26.0. The van der Waals surface area contributed by atoms with Crippen LogP contribution < -0.4 is 15.1 Å². The summed E-state index contributed by atoms with van der Waals surface area (Å²) in [5.74, 6) is 1.71. The van der Waals surface area contributed by atoms with Gasteiger partial charge in [0.1, 0.15) is 22.1 Å². The van der Waals surface area contributed by atoms with Crippen molar-refractivity contribution in [3.05, 3.63) is 29.2 Å². The van der Waals surface area contributed by atoms with Gasteiger partial charge in [-0.15, -0.1) is 0 Å². The molecule has 0 saturated carbocycles. The number of aromatic nitrogens is 3. The van der Waals surface area contributed by atoms with Crippen LogP contribution in [0.4, 0.5) is 16.4 Å². The molecule has 2 aromatic heterocycles. The number of rotatable bonds is 7. The van der Waals surface area contributed by atoms with E-state index in [9.17, 15) is 9.90 Å². The highest BCUT2D eigenvalue weighted by molar-refractivity contribution is 7.99. The second kappa shape index (κ2) is 12.4. The van der Waals surface area contributed by atoms with Crippen LogP contribution in [0.15, 0.2) is 28.4 Å². The molecule has 11 nitrogen and oxygen atoms in total. The lowest BCUT2D eigenvalue weighted by Gasteiger charge is -2.43. The van der Waals surface area contributed by atoms with Crippen LogP contribution in [0, 0.1) is 22.7 Å². The van der Waals surface area contributed by atoms with Gasteiger partial charge < -0.3 is 29.7 Å². The van der Waals surface area contributed by atoms with Crippen molar-refractivity contribution in [3.8, 4) is 6.07 Å². The molecule has 3 aliphatic heterocycles. The number of carbonyl (C=O) groups excluding carboxylic acids is 1. The largest absolute Gasteiger partial charge is 0.444 e. The third kappa shape index (κ3) is 6.54. The van der Waals surface area contributed by atoms with E-state index in [2.05, 4.69) is 26.2 Å². The van der Waals surface area contributed by atoms with E-state index >= 15 is 0 Å². The van der Waals surface area contributed by atoms with Crippen molar-refractivity contribution >= 4 is 41.1 Å². The molecule has 42 heavy (non-hydrogen) atoms. The lowest BCUT2D eigenvalue weighted by atomic mass is 9.73. The standard InChI is InChI=1S/C29H38ClN7O4S/c1-18-24(35-27(39)41-28(2,3)4)29(17-40-18)7-11-36(12-8-29)25-20(16-38)34-22(13-33-25)42-21-6-10-32-26(23(21)30)37-14-19(15-37)5-9-31/h6,10,13,18-19,24,38H,5,7-8,11-12,14-17H2,1-4H3,(H,35,39)/t18-,24+/m0/s1. The van der Waals surface area contributed by atoms with Crippen molar-refractivity contribution in [2.24, 2.45) is 11.3 Å². The molecular formula is C29H38ClN7O4S. The maximum Gasteiger partial charge on any atom is 0.407 e. The Morgan fingerprint density at radius 1 is 1.29 bits per heavy atom. The number of amides is 1. The molecule has 5 rings (SSSR count). The number of anilines is 2. The minimum Gasteiger partial charge on any atom is -0.444 e. The molecule has 1 spiro atoms. The lowest BCUT2D eigenvalue weighted by molar-refractivity contribution is 0.0434. The summed E-state index contributed by atoms with van der Waals surface area (Å²) in [6.45, 7) is 10.8. The summed E-state index contributed by atoms with van der Waals surface area (Å²) in [7, 11) is 0. The molecular weight excluding hydrogens is 578 g/mol. The summed E-state index contributed by atoms with van der Waals surface area (Å²) in [5, 5.41) is 23.4. The van der Waals surface area contributed by atoms with Crippen molar-refractivity contribution in [3.63, 3.8) is 0 Å². The van der Waals surface area contributed by atoms with Gasteiger partial charge in [0.25, 0.3) is 0 Å². The van der Waals surface area contributed by atoms with Gasteiger partial charge in [0.15, 0.2) is 5.82 Å². The number of nitriles is 1. The van der Waals surface area contributed by atoms with Crippen LogP contribution in [-0.4, -0.2) is 76.7 Å². The Balaban J connectivity index is 1.24. The number of aliphatic hydroxyl groups is 1. The third-order valence-corrected chi connectivity index (χ3v) is 9.58. The molecule has 2 aromatic rings. The van der Waals surface area contributed by atoms with E-state index in [1.54, 1.807) is 12.4 Å². The van der Waals surface area contributed by atoms with Crippen LogP contribution >= 0.6 is 23.4 Å². The van der Waals surface area contributed by atoms with Gasteiger partial charge in [0.2, 0.25) is 0 Å². The molecule has 1 amide bonds. The van der Waals surface area contributed by atoms with Gasteiger partial charge >= 0.3 is 6.09 Å². The van der Waals surface area contributed by atoms with Crippen molar-refractivity contribution in [1.82, 2.24) is 20.3 Å². The highest BCUT2D eigenvalue weighted by Gasteiger charge is 2.50. The Kier molecular flexibility index (Phi) is 9.04. The van der Waals surface area contributed by atoms with E-state index in [-0.39, 0.29) is 24.2 Å². The van der Waals surface area contributed by atoms with Crippen molar-refractivity contribution in [2.45, 2.75) is 81.2 Å². The van der Waals surface area contributed by atoms with Gasteiger partial charge in [-0.05, 0) is 46.6 Å². The van der Waals surface area contributed by atoms with Gasteiger partial charge in [-0.1, -0.05) is 23.4 Å². The van der Waals surface area contributed by atoms with Crippen molar-refractivity contribution in [2.75, 3.05) is 42.6 Å². The van der Waals surface area contributed by atoms with Crippen LogP contribution in [0.25, 0.3) is 0 Å². The molecule has 3 aliphatic rings. The highest BCUT2D eigenvalue weighted by atomic mass is 35.5.